The molecule has 0 fully saturated rings. The molecule has 2 heterocycles. The lowest BCUT2D eigenvalue weighted by Crippen LogP contribution is -2.27. The highest BCUT2D eigenvalue weighted by atomic mass is 35.5. The van der Waals surface area contributed by atoms with Crippen molar-refractivity contribution in [2.75, 3.05) is 24.5 Å². The maximum absolute atomic E-state index is 6.09. The van der Waals surface area contributed by atoms with Gasteiger partial charge >= 0.3 is 0 Å². The molecular formula is C11H14Cl2N2. The van der Waals surface area contributed by atoms with Gasteiger partial charge in [0.2, 0.25) is 0 Å². The Morgan fingerprint density at radius 2 is 2.00 bits per heavy atom. The Labute approximate surface area is 101 Å². The van der Waals surface area contributed by atoms with Gasteiger partial charge in [0.15, 0.2) is 0 Å². The third-order valence-corrected chi connectivity index (χ3v) is 3.29. The molecule has 0 bridgehead atoms. The van der Waals surface area contributed by atoms with Crippen LogP contribution in [0.15, 0.2) is 12.1 Å². The van der Waals surface area contributed by atoms with Gasteiger partial charge in [-0.2, -0.15) is 0 Å². The topological polar surface area (TPSA) is 15.3 Å². The first-order valence-electron chi connectivity index (χ1n) is 5.11. The van der Waals surface area contributed by atoms with Crippen molar-refractivity contribution < 1.29 is 0 Å². The van der Waals surface area contributed by atoms with Crippen LogP contribution in [0.25, 0.3) is 0 Å². The van der Waals surface area contributed by atoms with Crippen molar-refractivity contribution in [1.82, 2.24) is 5.32 Å². The highest BCUT2D eigenvalue weighted by Crippen LogP contribution is 2.35. The molecule has 0 atom stereocenters. The van der Waals surface area contributed by atoms with E-state index in [9.17, 15) is 0 Å². The molecule has 0 aromatic heterocycles. The van der Waals surface area contributed by atoms with Crippen LogP contribution in [0.3, 0.4) is 0 Å². The average molecular weight is 245 g/mol. The second-order valence-electron chi connectivity index (χ2n) is 3.99. The molecule has 82 valence electrons. The maximum Gasteiger partial charge on any atom is 0.0446 e. The highest BCUT2D eigenvalue weighted by molar-refractivity contribution is 6.30. The van der Waals surface area contributed by atoms with Gasteiger partial charge in [0.25, 0.3) is 0 Å². The standard InChI is InChI=1S/C11H13ClN2.ClH/c12-10-5-8-1-3-14-4-2-13-7-9(6-10)11(8)14;/h5-6,13H,1-4,7H2;1H. The minimum absolute atomic E-state index is 0. The lowest BCUT2D eigenvalue weighted by molar-refractivity contribution is 0.692. The van der Waals surface area contributed by atoms with Gasteiger partial charge in [0.1, 0.15) is 0 Å². The molecular weight excluding hydrogens is 231 g/mol. The van der Waals surface area contributed by atoms with Crippen LogP contribution in [0, 0.1) is 0 Å². The van der Waals surface area contributed by atoms with E-state index in [1.165, 1.54) is 16.8 Å². The van der Waals surface area contributed by atoms with Crippen LogP contribution in [0.5, 0.6) is 0 Å². The zero-order chi connectivity index (χ0) is 9.54. The highest BCUT2D eigenvalue weighted by Gasteiger charge is 2.24. The van der Waals surface area contributed by atoms with Crippen molar-refractivity contribution >= 4 is 29.7 Å². The smallest absolute Gasteiger partial charge is 0.0446 e. The second-order valence-corrected chi connectivity index (χ2v) is 4.42. The Balaban J connectivity index is 0.000000853. The maximum atomic E-state index is 6.09. The predicted molar refractivity (Wildman–Crippen MR) is 66.3 cm³/mol. The zero-order valence-corrected chi connectivity index (χ0v) is 10.00. The van der Waals surface area contributed by atoms with Crippen molar-refractivity contribution in [3.63, 3.8) is 0 Å². The molecule has 1 aromatic carbocycles. The lowest BCUT2D eigenvalue weighted by atomic mass is 10.1. The number of anilines is 1. The van der Waals surface area contributed by atoms with Crippen molar-refractivity contribution in [2.24, 2.45) is 0 Å². The summed E-state index contributed by atoms with van der Waals surface area (Å²) in [6.45, 7) is 4.32. The van der Waals surface area contributed by atoms with E-state index in [1.807, 2.05) is 0 Å². The summed E-state index contributed by atoms with van der Waals surface area (Å²) >= 11 is 6.09. The summed E-state index contributed by atoms with van der Waals surface area (Å²) in [6, 6.07) is 4.21. The van der Waals surface area contributed by atoms with Crippen LogP contribution >= 0.6 is 24.0 Å². The van der Waals surface area contributed by atoms with Crippen LogP contribution in [0.2, 0.25) is 5.02 Å². The van der Waals surface area contributed by atoms with E-state index in [-0.39, 0.29) is 12.4 Å². The molecule has 1 aromatic rings. The number of halogens is 2. The summed E-state index contributed by atoms with van der Waals surface area (Å²) in [5.74, 6) is 0. The van der Waals surface area contributed by atoms with Gasteiger partial charge in [-0.15, -0.1) is 12.4 Å². The monoisotopic (exact) mass is 244 g/mol. The molecule has 0 aliphatic carbocycles. The van der Waals surface area contributed by atoms with Crippen LogP contribution in [0.4, 0.5) is 5.69 Å². The quantitative estimate of drug-likeness (QED) is 0.754. The van der Waals surface area contributed by atoms with Crippen molar-refractivity contribution in [1.29, 1.82) is 0 Å². The van der Waals surface area contributed by atoms with Gasteiger partial charge in [0.05, 0.1) is 0 Å². The first-order valence-corrected chi connectivity index (χ1v) is 5.49. The lowest BCUT2D eigenvalue weighted by Gasteiger charge is -2.18. The van der Waals surface area contributed by atoms with Crippen LogP contribution < -0.4 is 10.2 Å². The van der Waals surface area contributed by atoms with E-state index in [0.29, 0.717) is 0 Å². The molecule has 1 N–H and O–H groups in total. The number of hydrogen-bond acceptors (Lipinski definition) is 2. The molecule has 2 nitrogen and oxygen atoms in total. The number of rotatable bonds is 0. The molecule has 0 spiro atoms. The van der Waals surface area contributed by atoms with Gasteiger partial charge in [-0.25, -0.2) is 0 Å². The largest absolute Gasteiger partial charge is 0.369 e. The molecule has 4 heteroatoms. The minimum atomic E-state index is 0. The fourth-order valence-electron chi connectivity index (χ4n) is 2.48. The molecule has 2 aliphatic rings. The minimum Gasteiger partial charge on any atom is -0.369 e. The zero-order valence-electron chi connectivity index (χ0n) is 8.42. The Hall–Kier alpha value is -0.440. The van der Waals surface area contributed by atoms with Gasteiger partial charge < -0.3 is 10.2 Å². The summed E-state index contributed by atoms with van der Waals surface area (Å²) in [5, 5.41) is 4.30. The Morgan fingerprint density at radius 1 is 1.20 bits per heavy atom. The number of nitrogens with one attached hydrogen (secondary N) is 1. The van der Waals surface area contributed by atoms with E-state index < -0.39 is 0 Å². The molecule has 0 unspecified atom stereocenters. The summed E-state index contributed by atoms with van der Waals surface area (Å²) in [5.41, 5.74) is 4.23. The van der Waals surface area contributed by atoms with Crippen LogP contribution in [-0.2, 0) is 13.0 Å². The van der Waals surface area contributed by atoms with E-state index in [4.69, 9.17) is 11.6 Å². The first-order chi connectivity index (χ1) is 6.84. The van der Waals surface area contributed by atoms with Crippen molar-refractivity contribution in [3.05, 3.63) is 28.3 Å². The first kappa shape index (κ1) is 11.1. The van der Waals surface area contributed by atoms with Gasteiger partial charge in [-0.1, -0.05) is 11.6 Å². The number of nitrogens with zero attached hydrogens (tertiary/aromatic N) is 1. The Morgan fingerprint density at radius 3 is 2.87 bits per heavy atom. The van der Waals surface area contributed by atoms with Crippen LogP contribution in [-0.4, -0.2) is 19.6 Å². The van der Waals surface area contributed by atoms with Gasteiger partial charge in [-0.05, 0) is 29.7 Å². The third-order valence-electron chi connectivity index (χ3n) is 3.07. The molecule has 0 saturated heterocycles. The number of benzene rings is 1. The molecule has 15 heavy (non-hydrogen) atoms. The van der Waals surface area contributed by atoms with E-state index in [2.05, 4.69) is 22.3 Å². The summed E-state index contributed by atoms with van der Waals surface area (Å²) in [4.78, 5) is 2.47. The van der Waals surface area contributed by atoms with Crippen molar-refractivity contribution in [2.45, 2.75) is 13.0 Å². The Bertz CT molecular complexity index is 379. The molecule has 2 aliphatic heterocycles. The fourth-order valence-corrected chi connectivity index (χ4v) is 2.74. The second kappa shape index (κ2) is 4.20. The summed E-state index contributed by atoms with van der Waals surface area (Å²) < 4.78 is 0. The SMILES string of the molecule is Cl.Clc1cc2c3c(c1)CNCCN3CC2. The average Bonchev–Trinajstić information content (AvgIpc) is 2.43. The van der Waals surface area contributed by atoms with E-state index in [0.717, 1.165) is 37.6 Å². The van der Waals surface area contributed by atoms with E-state index in [1.54, 1.807) is 0 Å². The van der Waals surface area contributed by atoms with Crippen molar-refractivity contribution in [3.8, 4) is 0 Å². The predicted octanol–water partition coefficient (Wildman–Crippen LogP) is 2.23. The van der Waals surface area contributed by atoms with Gasteiger partial charge in [-0.3, -0.25) is 0 Å². The molecule has 0 saturated carbocycles. The Kier molecular flexibility index (Phi) is 3.10. The fraction of sp³-hybridized carbons (Fsp3) is 0.455. The third kappa shape index (κ3) is 1.82. The normalized spacial score (nSPS) is 18.1. The van der Waals surface area contributed by atoms with Gasteiger partial charge in [0, 0.05) is 36.9 Å². The summed E-state index contributed by atoms with van der Waals surface area (Å²) in [6.07, 6.45) is 1.16. The summed E-state index contributed by atoms with van der Waals surface area (Å²) in [7, 11) is 0. The van der Waals surface area contributed by atoms with E-state index >= 15 is 0 Å². The molecule has 0 amide bonds. The molecule has 0 radical (unpaired) electrons. The number of hydrogen-bond donors (Lipinski definition) is 1. The van der Waals surface area contributed by atoms with Crippen LogP contribution in [0.1, 0.15) is 11.1 Å². The molecule has 3 rings (SSSR count).